The molecule has 0 spiro atoms. The fourth-order valence-electron chi connectivity index (χ4n) is 5.34. The van der Waals surface area contributed by atoms with Crippen molar-refractivity contribution < 1.29 is 43.5 Å². The average Bonchev–Trinajstić information content (AvgIpc) is 3.22. The van der Waals surface area contributed by atoms with Crippen LogP contribution in [-0.4, -0.2) is 156 Å². The van der Waals surface area contributed by atoms with Crippen molar-refractivity contribution in [1.82, 2.24) is 31.9 Å². The van der Waals surface area contributed by atoms with Crippen LogP contribution in [0.4, 0.5) is 0 Å². The van der Waals surface area contributed by atoms with Gasteiger partial charge in [0.05, 0.1) is 0 Å². The van der Waals surface area contributed by atoms with Gasteiger partial charge >= 0.3 is 5.97 Å². The van der Waals surface area contributed by atoms with E-state index < -0.39 is 89.6 Å². The topological polar surface area (TPSA) is 539 Å². The van der Waals surface area contributed by atoms with E-state index in [2.05, 4.69) is 51.9 Å². The molecule has 29 nitrogen and oxygen atoms in total. The number of carboxylic acid groups (broad SMARTS) is 1. The summed E-state index contributed by atoms with van der Waals surface area (Å²) < 4.78 is 0. The van der Waals surface area contributed by atoms with Crippen LogP contribution in [0.5, 0.6) is 0 Å². The van der Waals surface area contributed by atoms with Gasteiger partial charge in [-0.3, -0.25) is 58.3 Å². The lowest BCUT2D eigenvalue weighted by Crippen LogP contribution is -2.59. The number of hydrogen-bond donors (Lipinski definition) is 17. The molecule has 374 valence electrons. The number of nitrogens with one attached hydrogen (secondary N) is 6. The summed E-state index contributed by atoms with van der Waals surface area (Å²) in [4.78, 5) is 119. The van der Waals surface area contributed by atoms with E-state index in [9.17, 15) is 38.4 Å². The van der Waals surface area contributed by atoms with Gasteiger partial charge in [-0.15, -0.1) is 0 Å². The van der Waals surface area contributed by atoms with Crippen LogP contribution in [0.1, 0.15) is 65.2 Å². The van der Waals surface area contributed by atoms with Crippen LogP contribution in [-0.2, 0) is 38.4 Å². The first-order valence-corrected chi connectivity index (χ1v) is 23.0. The Balaban J connectivity index is 6.51. The predicted octanol–water partition coefficient (Wildman–Crippen LogP) is -7.57. The Hall–Kier alpha value is -6.50. The minimum Gasteiger partial charge on any atom is -0.480 e. The molecule has 7 amide bonds. The maximum Gasteiger partial charge on any atom is 0.321 e. The van der Waals surface area contributed by atoms with Gasteiger partial charge in [0.1, 0.15) is 42.3 Å². The molecule has 0 saturated carbocycles. The largest absolute Gasteiger partial charge is 0.480 e. The van der Waals surface area contributed by atoms with E-state index in [0.29, 0.717) is 0 Å². The van der Waals surface area contributed by atoms with E-state index in [4.69, 9.17) is 62.4 Å². The SMILES string of the molecule is CC(=O)N[C@H](CSSC[C@H](N)C(=O)O)C(=O)N[C@H](C)C(=O)N[C@H](CCCN=C(N)N)C(=O)N[C@H](CCCN=C(N)N)C(=O)N[C@H](CCCN=C(N)N)C(=O)N[C@H](CCCN=C(N)N)C(N)=O. The van der Waals surface area contributed by atoms with Crippen molar-refractivity contribution in [3.8, 4) is 0 Å². The second kappa shape index (κ2) is 33.0. The maximum atomic E-state index is 14.0. The van der Waals surface area contributed by atoms with E-state index in [0.717, 1.165) is 21.6 Å². The van der Waals surface area contributed by atoms with Crippen LogP contribution in [0.15, 0.2) is 20.0 Å². The normalized spacial score (nSPS) is 13.8. The molecule has 27 N–H and O–H groups in total. The Morgan fingerprint density at radius 1 is 0.470 bits per heavy atom. The third-order valence-corrected chi connectivity index (χ3v) is 11.1. The lowest BCUT2D eigenvalue weighted by atomic mass is 10.0. The maximum absolute atomic E-state index is 14.0. The number of carboxylic acids is 1. The number of guanidine groups is 4. The Morgan fingerprint density at radius 3 is 1.12 bits per heavy atom. The molecular weight excluding hydrogens is 909 g/mol. The van der Waals surface area contributed by atoms with Gasteiger partial charge < -0.3 is 94.3 Å². The minimum atomic E-state index is -1.38. The molecular formula is C35H68N20O9S2. The zero-order valence-electron chi connectivity index (χ0n) is 37.0. The monoisotopic (exact) mass is 976 g/mol. The van der Waals surface area contributed by atoms with E-state index in [-0.39, 0.29) is 113 Å². The number of rotatable bonds is 34. The van der Waals surface area contributed by atoms with Gasteiger partial charge in [0.25, 0.3) is 0 Å². The van der Waals surface area contributed by atoms with Crippen molar-refractivity contribution in [2.75, 3.05) is 37.7 Å². The molecule has 66 heavy (non-hydrogen) atoms. The van der Waals surface area contributed by atoms with Crippen LogP contribution in [0.2, 0.25) is 0 Å². The molecule has 0 fully saturated rings. The Labute approximate surface area is 389 Å². The first-order valence-electron chi connectivity index (χ1n) is 20.5. The summed E-state index contributed by atoms with van der Waals surface area (Å²) in [5, 5.41) is 24.3. The summed E-state index contributed by atoms with van der Waals surface area (Å²) in [6, 6.07) is -8.82. The number of carbonyl (C=O) groups excluding carboxylic acids is 7. The molecule has 0 bridgehead atoms. The summed E-state index contributed by atoms with van der Waals surface area (Å²) >= 11 is 0. The zero-order valence-corrected chi connectivity index (χ0v) is 38.7. The van der Waals surface area contributed by atoms with E-state index in [1.165, 1.54) is 13.8 Å². The second-order valence-corrected chi connectivity index (χ2v) is 17.0. The lowest BCUT2D eigenvalue weighted by Gasteiger charge is -2.27. The predicted molar refractivity (Wildman–Crippen MR) is 252 cm³/mol. The molecule has 0 rings (SSSR count). The van der Waals surface area contributed by atoms with Gasteiger partial charge in [0, 0.05) is 44.6 Å². The van der Waals surface area contributed by atoms with Gasteiger partial charge in [-0.1, -0.05) is 21.6 Å². The molecule has 0 aliphatic carbocycles. The fourth-order valence-corrected chi connectivity index (χ4v) is 7.61. The third-order valence-electron chi connectivity index (χ3n) is 8.67. The molecule has 0 aliphatic rings. The van der Waals surface area contributed by atoms with Crippen LogP contribution in [0, 0.1) is 0 Å². The highest BCUT2D eigenvalue weighted by Gasteiger charge is 2.32. The number of nitrogens with two attached hydrogens (primary N) is 10. The van der Waals surface area contributed by atoms with E-state index >= 15 is 0 Å². The van der Waals surface area contributed by atoms with Crippen molar-refractivity contribution in [2.24, 2.45) is 77.3 Å². The Morgan fingerprint density at radius 2 is 0.788 bits per heavy atom. The Kier molecular flexibility index (Phi) is 29.8. The number of nitrogens with zero attached hydrogens (tertiary/aromatic N) is 4. The van der Waals surface area contributed by atoms with E-state index in [1.54, 1.807) is 0 Å². The number of aliphatic carboxylic acids is 1. The van der Waals surface area contributed by atoms with Gasteiger partial charge in [0.15, 0.2) is 23.8 Å². The second-order valence-electron chi connectivity index (χ2n) is 14.4. The van der Waals surface area contributed by atoms with Crippen molar-refractivity contribution in [3.05, 3.63) is 0 Å². The highest BCUT2D eigenvalue weighted by molar-refractivity contribution is 8.76. The Bertz CT molecular complexity index is 1740. The molecule has 0 heterocycles. The number of hydrogen-bond acceptors (Lipinski definition) is 15. The van der Waals surface area contributed by atoms with Gasteiger partial charge in [-0.2, -0.15) is 0 Å². The quantitative estimate of drug-likeness (QED) is 0.0123. The summed E-state index contributed by atoms with van der Waals surface area (Å²) in [7, 11) is 2.14. The van der Waals surface area contributed by atoms with Crippen LogP contribution in [0.3, 0.4) is 0 Å². The van der Waals surface area contributed by atoms with Gasteiger partial charge in [-0.25, -0.2) is 0 Å². The van der Waals surface area contributed by atoms with Crippen LogP contribution < -0.4 is 89.2 Å². The van der Waals surface area contributed by atoms with Crippen molar-refractivity contribution in [1.29, 1.82) is 0 Å². The molecule has 0 aliphatic heterocycles. The van der Waals surface area contributed by atoms with E-state index in [1.807, 2.05) is 0 Å². The molecule has 0 saturated heterocycles. The smallest absolute Gasteiger partial charge is 0.321 e. The van der Waals surface area contributed by atoms with Crippen molar-refractivity contribution in [3.63, 3.8) is 0 Å². The number of primary amides is 1. The van der Waals surface area contributed by atoms with Crippen molar-refractivity contribution >= 4 is 92.7 Å². The molecule has 0 radical (unpaired) electrons. The molecule has 31 heteroatoms. The fraction of sp³-hybridized carbons (Fsp3) is 0.657. The molecule has 0 aromatic heterocycles. The minimum absolute atomic E-state index is 0.0102. The summed E-state index contributed by atoms with van der Waals surface area (Å²) in [5.41, 5.74) is 54.5. The zero-order chi connectivity index (χ0) is 50.4. The molecule has 0 aromatic rings. The third kappa shape index (κ3) is 28.3. The average molecular weight is 977 g/mol. The van der Waals surface area contributed by atoms with Crippen LogP contribution in [0.25, 0.3) is 0 Å². The highest BCUT2D eigenvalue weighted by Crippen LogP contribution is 2.22. The van der Waals surface area contributed by atoms with Gasteiger partial charge in [-0.05, 0) is 58.3 Å². The first kappa shape index (κ1) is 59.5. The summed E-state index contributed by atoms with van der Waals surface area (Å²) in [6.45, 7) is 2.78. The highest BCUT2D eigenvalue weighted by atomic mass is 33.1. The lowest BCUT2D eigenvalue weighted by molar-refractivity contribution is -0.138. The number of carbonyl (C=O) groups is 8. The number of amides is 7. The van der Waals surface area contributed by atoms with Crippen LogP contribution >= 0.6 is 21.6 Å². The van der Waals surface area contributed by atoms with Gasteiger partial charge in [0.2, 0.25) is 41.4 Å². The first-order chi connectivity index (χ1) is 30.9. The molecule has 0 aromatic carbocycles. The number of aliphatic imine (C=N–C) groups is 4. The standard InChI is InChI=1S/C35H68N20O9S2/c1-17(50-30(62)24(51-18(2)56)16-66-65-15-19(36)31(63)64)26(58)53-21(8-4-12-47-33(40)41)28(60)55-23(10-6-14-49-35(44)45)29(61)54-22(9-5-13-48-34(42)43)27(59)52-20(25(37)57)7-3-11-46-32(38)39/h17,19-24H,3-16,36H2,1-2H3,(H2,37,57)(H,50,62)(H,51,56)(H,52,59)(H,53,58)(H,54,61)(H,55,60)(H,63,64)(H4,38,39,46)(H4,40,41,47)(H4,42,43,48)(H4,44,45,49)/t17-,19+,20-,21-,22-,23-,24-/m1/s1. The molecule has 7 atom stereocenters. The summed E-state index contributed by atoms with van der Waals surface area (Å²) in [5.74, 6) is -7.61. The summed E-state index contributed by atoms with van der Waals surface area (Å²) in [6.07, 6.45) is 0.557. The van der Waals surface area contributed by atoms with Crippen molar-refractivity contribution in [2.45, 2.75) is 108 Å². The molecule has 0 unspecified atom stereocenters.